The Bertz CT molecular complexity index is 981. The second kappa shape index (κ2) is 6.36. The third-order valence-electron chi connectivity index (χ3n) is 3.97. The lowest BCUT2D eigenvalue weighted by Gasteiger charge is -2.23. The Morgan fingerprint density at radius 2 is 1.96 bits per heavy atom. The molecule has 7 nitrogen and oxygen atoms in total. The van der Waals surface area contributed by atoms with E-state index in [1.807, 2.05) is 30.3 Å². The minimum atomic E-state index is -0.548. The fourth-order valence-corrected chi connectivity index (χ4v) is 2.61. The molecule has 7 heteroatoms. The smallest absolute Gasteiger partial charge is 0.294 e. The van der Waals surface area contributed by atoms with Gasteiger partial charge in [-0.2, -0.15) is 0 Å². The van der Waals surface area contributed by atoms with Crippen molar-refractivity contribution in [1.82, 2.24) is 5.16 Å². The summed E-state index contributed by atoms with van der Waals surface area (Å²) >= 11 is 0. The summed E-state index contributed by atoms with van der Waals surface area (Å²) in [4.78, 5) is 24.1. The van der Waals surface area contributed by atoms with Gasteiger partial charge in [0.1, 0.15) is 11.4 Å². The molecular weight excluding hydrogens is 334 g/mol. The van der Waals surface area contributed by atoms with E-state index in [2.05, 4.69) is 15.8 Å². The van der Waals surface area contributed by atoms with Gasteiger partial charge in [0.2, 0.25) is 5.76 Å². The molecule has 0 bridgehead atoms. The standard InChI is InChI=1S/C19H15N3O4/c1-11-18(23)21-15-9-13(7-8-16(15)25-11)20-19(24)17-10-14(22-26-17)12-5-3-2-4-6-12/h2-11H,1H3,(H,20,24)(H,21,23). The van der Waals surface area contributed by atoms with Gasteiger partial charge in [-0.3, -0.25) is 9.59 Å². The number of carbonyl (C=O) groups excluding carboxylic acids is 2. The maximum Gasteiger partial charge on any atom is 0.294 e. The Hall–Kier alpha value is -3.61. The molecule has 2 amide bonds. The molecule has 4 rings (SSSR count). The summed E-state index contributed by atoms with van der Waals surface area (Å²) < 4.78 is 10.6. The van der Waals surface area contributed by atoms with Crippen LogP contribution in [-0.4, -0.2) is 23.1 Å². The van der Waals surface area contributed by atoms with Crippen LogP contribution in [0.25, 0.3) is 11.3 Å². The molecule has 0 saturated heterocycles. The molecule has 0 saturated carbocycles. The molecule has 2 N–H and O–H groups in total. The number of anilines is 2. The summed E-state index contributed by atoms with van der Waals surface area (Å²) in [6.07, 6.45) is -0.548. The fraction of sp³-hybridized carbons (Fsp3) is 0.105. The van der Waals surface area contributed by atoms with E-state index in [9.17, 15) is 9.59 Å². The highest BCUT2D eigenvalue weighted by atomic mass is 16.5. The van der Waals surface area contributed by atoms with Crippen LogP contribution in [0.5, 0.6) is 5.75 Å². The van der Waals surface area contributed by atoms with Gasteiger partial charge in [-0.15, -0.1) is 0 Å². The molecule has 3 aromatic rings. The Kier molecular flexibility index (Phi) is 3.89. The summed E-state index contributed by atoms with van der Waals surface area (Å²) in [5, 5.41) is 9.38. The second-order valence-electron chi connectivity index (χ2n) is 5.86. The highest BCUT2D eigenvalue weighted by Crippen LogP contribution is 2.32. The fourth-order valence-electron chi connectivity index (χ4n) is 2.61. The van der Waals surface area contributed by atoms with E-state index in [-0.39, 0.29) is 11.7 Å². The van der Waals surface area contributed by atoms with Crippen molar-refractivity contribution in [2.45, 2.75) is 13.0 Å². The Balaban J connectivity index is 1.51. The molecule has 1 aliphatic rings. The molecule has 1 aliphatic heterocycles. The van der Waals surface area contributed by atoms with Crippen LogP contribution in [0, 0.1) is 0 Å². The largest absolute Gasteiger partial charge is 0.479 e. The summed E-state index contributed by atoms with van der Waals surface area (Å²) in [6.45, 7) is 1.67. The van der Waals surface area contributed by atoms with E-state index >= 15 is 0 Å². The van der Waals surface area contributed by atoms with Crippen molar-refractivity contribution in [3.63, 3.8) is 0 Å². The van der Waals surface area contributed by atoms with Crippen LogP contribution in [-0.2, 0) is 4.79 Å². The quantitative estimate of drug-likeness (QED) is 0.757. The lowest BCUT2D eigenvalue weighted by Crippen LogP contribution is -2.34. The van der Waals surface area contributed by atoms with Gasteiger partial charge in [0.15, 0.2) is 6.10 Å². The van der Waals surface area contributed by atoms with Gasteiger partial charge in [0.25, 0.3) is 11.8 Å². The van der Waals surface area contributed by atoms with E-state index in [1.54, 1.807) is 31.2 Å². The minimum absolute atomic E-state index is 0.0930. The number of nitrogens with zero attached hydrogens (tertiary/aromatic N) is 1. The molecule has 1 atom stereocenters. The molecule has 0 fully saturated rings. The average molecular weight is 349 g/mol. The van der Waals surface area contributed by atoms with Gasteiger partial charge in [0, 0.05) is 17.3 Å². The Labute approximate surface area is 149 Å². The van der Waals surface area contributed by atoms with Crippen molar-refractivity contribution < 1.29 is 18.8 Å². The first-order valence-electron chi connectivity index (χ1n) is 8.05. The number of amides is 2. The number of ether oxygens (including phenoxy) is 1. The normalized spacial score (nSPS) is 15.6. The number of nitrogens with one attached hydrogen (secondary N) is 2. The first-order valence-corrected chi connectivity index (χ1v) is 8.05. The molecule has 26 heavy (non-hydrogen) atoms. The summed E-state index contributed by atoms with van der Waals surface area (Å²) in [5.74, 6) is -0.0172. The predicted octanol–water partition coefficient (Wildman–Crippen LogP) is 3.31. The Morgan fingerprint density at radius 1 is 1.15 bits per heavy atom. The highest BCUT2D eigenvalue weighted by Gasteiger charge is 2.24. The zero-order chi connectivity index (χ0) is 18.1. The first-order chi connectivity index (χ1) is 12.6. The molecule has 2 aromatic carbocycles. The van der Waals surface area contributed by atoms with Crippen LogP contribution >= 0.6 is 0 Å². The lowest BCUT2D eigenvalue weighted by molar-refractivity contribution is -0.122. The molecular formula is C19H15N3O4. The van der Waals surface area contributed by atoms with Crippen LogP contribution < -0.4 is 15.4 Å². The molecule has 0 radical (unpaired) electrons. The molecule has 2 heterocycles. The Morgan fingerprint density at radius 3 is 2.77 bits per heavy atom. The highest BCUT2D eigenvalue weighted by molar-refractivity contribution is 6.04. The van der Waals surface area contributed by atoms with E-state index < -0.39 is 12.0 Å². The monoisotopic (exact) mass is 349 g/mol. The van der Waals surface area contributed by atoms with E-state index in [1.165, 1.54) is 0 Å². The zero-order valence-corrected chi connectivity index (χ0v) is 13.9. The summed E-state index contributed by atoms with van der Waals surface area (Å²) in [6, 6.07) is 16.0. The number of hydrogen-bond acceptors (Lipinski definition) is 5. The van der Waals surface area contributed by atoms with Crippen molar-refractivity contribution >= 4 is 23.2 Å². The van der Waals surface area contributed by atoms with E-state index in [4.69, 9.17) is 9.26 Å². The van der Waals surface area contributed by atoms with Gasteiger partial charge in [-0.05, 0) is 25.1 Å². The van der Waals surface area contributed by atoms with E-state index in [0.29, 0.717) is 22.8 Å². The van der Waals surface area contributed by atoms with Crippen molar-refractivity contribution in [2.24, 2.45) is 0 Å². The van der Waals surface area contributed by atoms with Gasteiger partial charge < -0.3 is 19.9 Å². The number of aromatic nitrogens is 1. The zero-order valence-electron chi connectivity index (χ0n) is 13.9. The molecule has 1 unspecified atom stereocenters. The van der Waals surface area contributed by atoms with Gasteiger partial charge >= 0.3 is 0 Å². The number of carbonyl (C=O) groups is 2. The van der Waals surface area contributed by atoms with Crippen molar-refractivity contribution in [2.75, 3.05) is 10.6 Å². The minimum Gasteiger partial charge on any atom is -0.479 e. The maximum absolute atomic E-state index is 12.4. The average Bonchev–Trinajstić information content (AvgIpc) is 3.14. The molecule has 130 valence electrons. The lowest BCUT2D eigenvalue weighted by atomic mass is 10.1. The van der Waals surface area contributed by atoms with Crippen LogP contribution in [0.4, 0.5) is 11.4 Å². The van der Waals surface area contributed by atoms with Crippen molar-refractivity contribution in [1.29, 1.82) is 0 Å². The van der Waals surface area contributed by atoms with Crippen LogP contribution in [0.1, 0.15) is 17.5 Å². The first kappa shape index (κ1) is 15.9. The third-order valence-corrected chi connectivity index (χ3v) is 3.97. The van der Waals surface area contributed by atoms with Crippen molar-refractivity contribution in [3.8, 4) is 17.0 Å². The SMILES string of the molecule is CC1Oc2ccc(NC(=O)c3cc(-c4ccccc4)no3)cc2NC1=O. The maximum atomic E-state index is 12.4. The van der Waals surface area contributed by atoms with Crippen molar-refractivity contribution in [3.05, 3.63) is 60.4 Å². The number of benzene rings is 2. The van der Waals surface area contributed by atoms with Gasteiger partial charge in [-0.25, -0.2) is 0 Å². The predicted molar refractivity (Wildman–Crippen MR) is 95.1 cm³/mol. The summed E-state index contributed by atoms with van der Waals surface area (Å²) in [7, 11) is 0. The third kappa shape index (κ3) is 3.02. The van der Waals surface area contributed by atoms with Gasteiger partial charge in [0.05, 0.1) is 5.69 Å². The summed E-state index contributed by atoms with van der Waals surface area (Å²) in [5.41, 5.74) is 2.45. The molecule has 1 aromatic heterocycles. The number of hydrogen-bond donors (Lipinski definition) is 2. The number of fused-ring (bicyclic) bond motifs is 1. The van der Waals surface area contributed by atoms with Crippen LogP contribution in [0.2, 0.25) is 0 Å². The molecule has 0 aliphatic carbocycles. The van der Waals surface area contributed by atoms with Gasteiger partial charge in [-0.1, -0.05) is 35.5 Å². The topological polar surface area (TPSA) is 93.5 Å². The van der Waals surface area contributed by atoms with E-state index in [0.717, 1.165) is 5.56 Å². The van der Waals surface area contributed by atoms with Crippen LogP contribution in [0.15, 0.2) is 59.1 Å². The second-order valence-corrected chi connectivity index (χ2v) is 5.86. The molecule has 0 spiro atoms. The van der Waals surface area contributed by atoms with Crippen LogP contribution in [0.3, 0.4) is 0 Å². The number of rotatable bonds is 3.